The van der Waals surface area contributed by atoms with Gasteiger partial charge in [0.25, 0.3) is 17.7 Å². The summed E-state index contributed by atoms with van der Waals surface area (Å²) in [5.74, 6) is -3.63. The Morgan fingerprint density at radius 3 is 2.40 bits per heavy atom. The normalized spacial score (nSPS) is 24.1. The molecule has 2 aromatic heterocycles. The van der Waals surface area contributed by atoms with Crippen molar-refractivity contribution in [2.75, 3.05) is 88.2 Å². The molecule has 4 aromatic rings. The molecule has 10 rings (SSSR count). The van der Waals surface area contributed by atoms with Crippen LogP contribution in [0.15, 0.2) is 48.7 Å². The van der Waals surface area contributed by atoms with Crippen molar-refractivity contribution >= 4 is 63.9 Å². The quantitative estimate of drug-likeness (QED) is 0.163. The number of piperidine rings is 3. The van der Waals surface area contributed by atoms with Crippen LogP contribution in [0, 0.1) is 11.3 Å². The first-order valence-corrected chi connectivity index (χ1v) is 24.0. The van der Waals surface area contributed by atoms with E-state index in [1.165, 1.54) is 4.90 Å². The molecule has 7 heterocycles. The van der Waals surface area contributed by atoms with Crippen LogP contribution in [-0.2, 0) is 22.5 Å². The number of hydrogen-bond donors (Lipinski definition) is 3. The Bertz CT molecular complexity index is 2570. The van der Waals surface area contributed by atoms with Crippen molar-refractivity contribution in [3.63, 3.8) is 0 Å². The van der Waals surface area contributed by atoms with Crippen molar-refractivity contribution in [1.82, 2.24) is 39.9 Å². The molecule has 1 saturated carbocycles. The SMILES string of the molecule is CNc1cc(N2CCc3c(CN4CCC(CN5CCC6(CC5)CCN(C(=O)c5ccc(Cl)c(N7CCC(=O)NC7=O)c5)CC6)C(F)(F)C4)cccc32)nn2c(C(=O)N[C@@H]3CC[C@H]3OC)cnc12. The van der Waals surface area contributed by atoms with Gasteiger partial charge in [0.1, 0.15) is 0 Å². The largest absolute Gasteiger partial charge is 0.385 e. The van der Waals surface area contributed by atoms with E-state index in [0.29, 0.717) is 79.1 Å². The molecule has 1 unspecified atom stereocenters. The van der Waals surface area contributed by atoms with Crippen molar-refractivity contribution < 1.29 is 32.7 Å². The Balaban J connectivity index is 0.726. The molecule has 67 heavy (non-hydrogen) atoms. The third kappa shape index (κ3) is 8.81. The number of aromatic nitrogens is 3. The zero-order valence-electron chi connectivity index (χ0n) is 38.0. The second-order valence-electron chi connectivity index (χ2n) is 19.3. The zero-order valence-corrected chi connectivity index (χ0v) is 38.8. The van der Waals surface area contributed by atoms with Crippen LogP contribution in [0.4, 0.5) is 36.5 Å². The van der Waals surface area contributed by atoms with E-state index in [0.717, 1.165) is 80.5 Å². The van der Waals surface area contributed by atoms with E-state index in [9.17, 15) is 19.2 Å². The smallest absolute Gasteiger partial charge is 0.328 e. The van der Waals surface area contributed by atoms with Gasteiger partial charge in [-0.25, -0.2) is 23.1 Å². The number of fused-ring (bicyclic) bond motifs is 2. The molecule has 5 amide bonds. The molecule has 5 fully saturated rings. The number of benzene rings is 2. The van der Waals surface area contributed by atoms with Crippen LogP contribution in [0.2, 0.25) is 5.02 Å². The van der Waals surface area contributed by atoms with Crippen molar-refractivity contribution in [2.45, 2.75) is 82.4 Å². The van der Waals surface area contributed by atoms with Gasteiger partial charge in [-0.15, -0.1) is 5.10 Å². The number of anilines is 4. The predicted octanol–water partition coefficient (Wildman–Crippen LogP) is 5.95. The van der Waals surface area contributed by atoms with Crippen molar-refractivity contribution in [3.8, 4) is 0 Å². The molecule has 4 saturated heterocycles. The van der Waals surface area contributed by atoms with Gasteiger partial charge in [-0.1, -0.05) is 23.7 Å². The number of rotatable bonds is 11. The average Bonchev–Trinajstić information content (AvgIpc) is 3.95. The number of carbonyl (C=O) groups excluding carboxylic acids is 4. The second-order valence-corrected chi connectivity index (χ2v) is 19.7. The molecule has 356 valence electrons. The summed E-state index contributed by atoms with van der Waals surface area (Å²) in [5.41, 5.74) is 5.67. The minimum atomic E-state index is -2.83. The van der Waals surface area contributed by atoms with Crippen LogP contribution >= 0.6 is 11.6 Å². The van der Waals surface area contributed by atoms with Gasteiger partial charge in [-0.3, -0.25) is 29.5 Å². The molecule has 0 radical (unpaired) electrons. The monoisotopic (exact) mass is 941 g/mol. The number of halogens is 3. The van der Waals surface area contributed by atoms with Crippen molar-refractivity contribution in [2.24, 2.45) is 11.3 Å². The molecule has 2 aromatic carbocycles. The Morgan fingerprint density at radius 2 is 1.69 bits per heavy atom. The summed E-state index contributed by atoms with van der Waals surface area (Å²) in [6.45, 7) is 4.69. The number of hydrogen-bond acceptors (Lipinski definition) is 11. The van der Waals surface area contributed by atoms with E-state index >= 15 is 8.78 Å². The molecule has 3 atom stereocenters. The third-order valence-electron chi connectivity index (χ3n) is 15.5. The van der Waals surface area contributed by atoms with Gasteiger partial charge in [-0.05, 0) is 112 Å². The maximum atomic E-state index is 16.1. The molecule has 19 heteroatoms. The standard InChI is InChI=1S/C48H58ClF2N11O5/c1-52-36-25-41(56-62-39(26-53-43(36)62)44(64)54-35-8-9-40(35)67-2)60-18-11-33-31(4-3-5-37(33)60)27-58-17-10-32(48(50,51)29-58)28-57-20-13-47(14-21-57)15-22-59(23-16-47)45(65)30-6-7-34(49)38(24-30)61-19-12-42(63)55-46(61)66/h3-7,24-26,32,35,40,52H,8-23,27-29H2,1-2H3,(H,54,64)(H,55,63,66)/t32?,35-,40-/m1/s1. The van der Waals surface area contributed by atoms with Crippen molar-refractivity contribution in [1.29, 1.82) is 0 Å². The lowest BCUT2D eigenvalue weighted by Crippen LogP contribution is -2.53. The van der Waals surface area contributed by atoms with Gasteiger partial charge in [-0.2, -0.15) is 0 Å². The minimum absolute atomic E-state index is 0.00496. The molecular formula is C48H58ClF2N11O5. The highest BCUT2D eigenvalue weighted by atomic mass is 35.5. The number of carbonyl (C=O) groups is 4. The minimum Gasteiger partial charge on any atom is -0.385 e. The maximum Gasteiger partial charge on any atom is 0.328 e. The Hall–Kier alpha value is -5.43. The molecule has 0 bridgehead atoms. The van der Waals surface area contributed by atoms with E-state index < -0.39 is 17.9 Å². The zero-order chi connectivity index (χ0) is 46.6. The first kappa shape index (κ1) is 45.4. The van der Waals surface area contributed by atoms with Crippen molar-refractivity contribution in [3.05, 3.63) is 76.1 Å². The number of methoxy groups -OCH3 is 1. The summed E-state index contributed by atoms with van der Waals surface area (Å²) in [6.07, 6.45) is 8.14. The first-order valence-electron chi connectivity index (χ1n) is 23.6. The summed E-state index contributed by atoms with van der Waals surface area (Å²) in [7, 11) is 3.47. The second kappa shape index (κ2) is 18.2. The maximum absolute atomic E-state index is 16.1. The van der Waals surface area contributed by atoms with Gasteiger partial charge in [0.2, 0.25) is 5.91 Å². The van der Waals surface area contributed by atoms with Crippen LogP contribution in [0.3, 0.4) is 0 Å². The van der Waals surface area contributed by atoms with Crippen LogP contribution in [0.25, 0.3) is 5.65 Å². The molecule has 1 spiro atoms. The lowest BCUT2D eigenvalue weighted by molar-refractivity contribution is -0.123. The van der Waals surface area contributed by atoms with E-state index in [1.54, 1.807) is 36.0 Å². The number of ether oxygens (including phenoxy) is 1. The number of imide groups is 1. The predicted molar refractivity (Wildman–Crippen MR) is 250 cm³/mol. The van der Waals surface area contributed by atoms with Gasteiger partial charge in [0.15, 0.2) is 17.2 Å². The fraction of sp³-hybridized carbons (Fsp3) is 0.542. The van der Waals surface area contributed by atoms with Crippen LogP contribution in [0.5, 0.6) is 0 Å². The fourth-order valence-electron chi connectivity index (χ4n) is 11.2. The lowest BCUT2D eigenvalue weighted by atomic mass is 9.71. The average molecular weight is 943 g/mol. The highest BCUT2D eigenvalue weighted by molar-refractivity contribution is 6.34. The van der Waals surface area contributed by atoms with Crippen LogP contribution in [0.1, 0.15) is 83.3 Å². The Labute approximate surface area is 393 Å². The third-order valence-corrected chi connectivity index (χ3v) is 15.8. The van der Waals surface area contributed by atoms with Gasteiger partial charge < -0.3 is 30.1 Å². The van der Waals surface area contributed by atoms with Crippen LogP contribution < -0.4 is 25.8 Å². The van der Waals surface area contributed by atoms with E-state index in [-0.39, 0.29) is 54.8 Å². The van der Waals surface area contributed by atoms with E-state index in [4.69, 9.17) is 21.4 Å². The van der Waals surface area contributed by atoms with E-state index in [2.05, 4.69) is 30.7 Å². The number of amides is 5. The molecule has 16 nitrogen and oxygen atoms in total. The number of alkyl halides is 2. The van der Waals surface area contributed by atoms with Gasteiger partial charge in [0, 0.05) is 83.1 Å². The number of likely N-dealkylation sites (tertiary alicyclic amines) is 3. The molecule has 6 aliphatic rings. The summed E-state index contributed by atoms with van der Waals surface area (Å²) in [4.78, 5) is 65.2. The molecular weight excluding hydrogens is 884 g/mol. The summed E-state index contributed by atoms with van der Waals surface area (Å²) in [5, 5.41) is 13.8. The number of nitrogens with one attached hydrogen (secondary N) is 3. The molecule has 5 aliphatic heterocycles. The van der Waals surface area contributed by atoms with Gasteiger partial charge in [0.05, 0.1) is 41.3 Å². The topological polar surface area (TPSA) is 160 Å². The summed E-state index contributed by atoms with van der Waals surface area (Å²) in [6, 6.07) is 12.3. The number of nitrogens with zero attached hydrogens (tertiary/aromatic N) is 8. The van der Waals surface area contributed by atoms with Gasteiger partial charge >= 0.3 is 6.03 Å². The number of imidazole rings is 1. The molecule has 3 N–H and O–H groups in total. The Kier molecular flexibility index (Phi) is 12.3. The highest BCUT2D eigenvalue weighted by Gasteiger charge is 2.47. The number of urea groups is 1. The van der Waals surface area contributed by atoms with Crippen LogP contribution in [-0.4, -0.2) is 144 Å². The van der Waals surface area contributed by atoms with E-state index in [1.807, 2.05) is 41.1 Å². The lowest BCUT2D eigenvalue weighted by Gasteiger charge is -2.48. The summed E-state index contributed by atoms with van der Waals surface area (Å²) < 4.78 is 39.3. The highest BCUT2D eigenvalue weighted by Crippen LogP contribution is 2.44. The first-order chi connectivity index (χ1) is 32.3. The Morgan fingerprint density at radius 1 is 0.910 bits per heavy atom. The summed E-state index contributed by atoms with van der Waals surface area (Å²) >= 11 is 6.43. The fourth-order valence-corrected chi connectivity index (χ4v) is 11.4. The molecule has 1 aliphatic carbocycles.